The number of hydrogen-bond donors (Lipinski definition) is 1. The van der Waals surface area contributed by atoms with Gasteiger partial charge in [-0.3, -0.25) is 9.59 Å². The number of carbonyl (C=O) groups is 3. The van der Waals surface area contributed by atoms with Gasteiger partial charge in [0, 0.05) is 13.1 Å². The third-order valence-electron chi connectivity index (χ3n) is 6.28. The third-order valence-corrected chi connectivity index (χ3v) is 6.28. The minimum Gasteiger partial charge on any atom is -0.465 e. The third kappa shape index (κ3) is 4.69. The van der Waals surface area contributed by atoms with E-state index in [2.05, 4.69) is 0 Å². The van der Waals surface area contributed by atoms with Gasteiger partial charge in [-0.2, -0.15) is 26.3 Å². The summed E-state index contributed by atoms with van der Waals surface area (Å²) in [5, 5.41) is 9.27. The van der Waals surface area contributed by atoms with Crippen LogP contribution in [0, 0.1) is 0 Å². The lowest BCUT2D eigenvalue weighted by Crippen LogP contribution is -2.80. The summed E-state index contributed by atoms with van der Waals surface area (Å²) in [6.07, 6.45) is -10.4. The van der Waals surface area contributed by atoms with E-state index in [0.717, 1.165) is 34.1 Å². The average molecular weight is 515 g/mol. The number of halogens is 6. The lowest BCUT2D eigenvalue weighted by molar-refractivity contribution is -0.178. The molecule has 0 radical (unpaired) electrons. The van der Waals surface area contributed by atoms with Crippen molar-refractivity contribution in [1.82, 2.24) is 14.7 Å². The molecule has 0 saturated carbocycles. The molecule has 7 nitrogen and oxygen atoms in total. The van der Waals surface area contributed by atoms with E-state index in [1.807, 2.05) is 0 Å². The minimum atomic E-state index is -4.55. The van der Waals surface area contributed by atoms with Crippen molar-refractivity contribution in [3.63, 3.8) is 0 Å². The highest BCUT2D eigenvalue weighted by molar-refractivity contribution is 6.00. The van der Waals surface area contributed by atoms with Crippen LogP contribution < -0.4 is 0 Å². The van der Waals surface area contributed by atoms with Gasteiger partial charge in [0.15, 0.2) is 5.54 Å². The predicted molar refractivity (Wildman–Crippen MR) is 111 cm³/mol. The second-order valence-corrected chi connectivity index (χ2v) is 8.70. The first kappa shape index (κ1) is 25.3. The Bertz CT molecular complexity index is 1170. The summed E-state index contributed by atoms with van der Waals surface area (Å²) in [4.78, 5) is 41.1. The van der Waals surface area contributed by atoms with E-state index in [-0.39, 0.29) is 26.2 Å². The summed E-state index contributed by atoms with van der Waals surface area (Å²) >= 11 is 0. The summed E-state index contributed by atoms with van der Waals surface area (Å²) in [7, 11) is 0. The Kier molecular flexibility index (Phi) is 6.13. The average Bonchev–Trinajstić information content (AvgIpc) is 2.75. The topological polar surface area (TPSA) is 81.2 Å². The van der Waals surface area contributed by atoms with Crippen molar-refractivity contribution in [1.29, 1.82) is 0 Å². The van der Waals surface area contributed by atoms with Gasteiger partial charge in [0.05, 0.1) is 24.2 Å². The number of rotatable bonds is 4. The maximum absolute atomic E-state index is 13.4. The molecule has 0 unspecified atom stereocenters. The first-order valence-electron chi connectivity index (χ1n) is 10.6. The number of benzene rings is 2. The van der Waals surface area contributed by atoms with Gasteiger partial charge in [0.1, 0.15) is 6.54 Å². The van der Waals surface area contributed by atoms with Gasteiger partial charge in [0.2, 0.25) is 5.91 Å². The van der Waals surface area contributed by atoms with Crippen LogP contribution in [0.2, 0.25) is 0 Å². The molecule has 13 heteroatoms. The first-order chi connectivity index (χ1) is 16.7. The highest BCUT2D eigenvalue weighted by Crippen LogP contribution is 2.36. The van der Waals surface area contributed by atoms with Gasteiger partial charge in [0.25, 0.3) is 5.91 Å². The standard InChI is InChI=1S/C23H19F6N3O4/c24-22(25,26)16-5-1-14(2-6-16)9-30-11-18(33)32(21(19(30)34)12-31(13-21)20(35)36)10-15-3-7-17(8-4-15)23(27,28)29/h1-8H,9-13H2,(H,35,36). The van der Waals surface area contributed by atoms with E-state index >= 15 is 0 Å². The van der Waals surface area contributed by atoms with E-state index in [9.17, 15) is 45.8 Å². The van der Waals surface area contributed by atoms with Crippen molar-refractivity contribution >= 4 is 17.9 Å². The summed E-state index contributed by atoms with van der Waals surface area (Å²) in [6, 6.07) is 8.13. The molecule has 2 fully saturated rings. The molecule has 0 bridgehead atoms. The van der Waals surface area contributed by atoms with Gasteiger partial charge >= 0.3 is 18.4 Å². The molecule has 3 amide bonds. The fourth-order valence-electron chi connectivity index (χ4n) is 4.36. The van der Waals surface area contributed by atoms with Crippen LogP contribution in [0.1, 0.15) is 22.3 Å². The molecule has 192 valence electrons. The molecule has 2 heterocycles. The second kappa shape index (κ2) is 8.71. The minimum absolute atomic E-state index is 0.175. The second-order valence-electron chi connectivity index (χ2n) is 8.70. The Labute approximate surface area is 200 Å². The zero-order valence-corrected chi connectivity index (χ0v) is 18.4. The number of likely N-dealkylation sites (tertiary alicyclic amines) is 1. The number of alkyl halides is 6. The van der Waals surface area contributed by atoms with Crippen molar-refractivity contribution < 1.29 is 45.8 Å². The maximum Gasteiger partial charge on any atom is 0.416 e. The Morgan fingerprint density at radius 2 is 1.25 bits per heavy atom. The molecule has 0 atom stereocenters. The van der Waals surface area contributed by atoms with Crippen LogP contribution in [0.15, 0.2) is 48.5 Å². The molecule has 2 aliphatic rings. The van der Waals surface area contributed by atoms with Crippen LogP contribution in [0.25, 0.3) is 0 Å². The van der Waals surface area contributed by atoms with Crippen molar-refractivity contribution in [3.8, 4) is 0 Å². The molecular weight excluding hydrogens is 496 g/mol. The zero-order chi connectivity index (χ0) is 26.5. The Morgan fingerprint density at radius 3 is 1.67 bits per heavy atom. The van der Waals surface area contributed by atoms with E-state index in [4.69, 9.17) is 0 Å². The van der Waals surface area contributed by atoms with Gasteiger partial charge in [-0.05, 0) is 35.4 Å². The summed E-state index contributed by atoms with van der Waals surface area (Å²) in [5.74, 6) is -1.15. The number of piperazine rings is 1. The SMILES string of the molecule is O=C(O)N1CC2(C1)C(=O)N(Cc1ccc(C(F)(F)F)cc1)CC(=O)N2Cc1ccc(C(F)(F)F)cc1. The fraction of sp³-hybridized carbons (Fsp3) is 0.348. The number of amides is 3. The van der Waals surface area contributed by atoms with Crippen LogP contribution >= 0.6 is 0 Å². The van der Waals surface area contributed by atoms with Gasteiger partial charge < -0.3 is 19.8 Å². The van der Waals surface area contributed by atoms with Crippen molar-refractivity contribution in [3.05, 3.63) is 70.8 Å². The molecule has 2 aromatic carbocycles. The summed E-state index contributed by atoms with van der Waals surface area (Å²) < 4.78 is 77.1. The molecule has 2 aromatic rings. The lowest BCUT2D eigenvalue weighted by atomic mass is 9.83. The Balaban J connectivity index is 1.57. The lowest BCUT2D eigenvalue weighted by Gasteiger charge is -2.57. The van der Waals surface area contributed by atoms with E-state index < -0.39 is 53.5 Å². The van der Waals surface area contributed by atoms with E-state index in [1.165, 1.54) is 29.2 Å². The predicted octanol–water partition coefficient (Wildman–Crippen LogP) is 3.83. The van der Waals surface area contributed by atoms with Crippen LogP contribution in [0.5, 0.6) is 0 Å². The van der Waals surface area contributed by atoms with Crippen LogP contribution in [-0.2, 0) is 35.0 Å². The Morgan fingerprint density at radius 1 is 0.806 bits per heavy atom. The number of carboxylic acid groups (broad SMARTS) is 1. The number of hydrogen-bond acceptors (Lipinski definition) is 3. The van der Waals surface area contributed by atoms with Crippen molar-refractivity contribution in [2.45, 2.75) is 31.0 Å². The summed E-state index contributed by atoms with van der Waals surface area (Å²) in [5.41, 5.74) is -2.67. The highest BCUT2D eigenvalue weighted by atomic mass is 19.4. The van der Waals surface area contributed by atoms with E-state index in [0.29, 0.717) is 11.1 Å². The maximum atomic E-state index is 13.4. The van der Waals surface area contributed by atoms with Crippen LogP contribution in [0.3, 0.4) is 0 Å². The van der Waals surface area contributed by atoms with Gasteiger partial charge in [-0.25, -0.2) is 4.79 Å². The smallest absolute Gasteiger partial charge is 0.416 e. The highest BCUT2D eigenvalue weighted by Gasteiger charge is 2.60. The quantitative estimate of drug-likeness (QED) is 0.628. The molecule has 0 aliphatic carbocycles. The van der Waals surface area contributed by atoms with Gasteiger partial charge in [-0.15, -0.1) is 0 Å². The van der Waals surface area contributed by atoms with E-state index in [1.54, 1.807) is 0 Å². The molecule has 4 rings (SSSR count). The monoisotopic (exact) mass is 515 g/mol. The molecule has 0 aromatic heterocycles. The largest absolute Gasteiger partial charge is 0.465 e. The molecule has 1 N–H and O–H groups in total. The Hall–Kier alpha value is -3.77. The number of carbonyl (C=O) groups excluding carboxylic acids is 2. The molecule has 2 aliphatic heterocycles. The molecule has 2 saturated heterocycles. The fourth-order valence-corrected chi connectivity index (χ4v) is 4.36. The molecular formula is C23H19F6N3O4. The van der Waals surface area contributed by atoms with Gasteiger partial charge in [-0.1, -0.05) is 24.3 Å². The molecule has 1 spiro atoms. The number of nitrogens with zero attached hydrogens (tertiary/aromatic N) is 3. The summed E-state index contributed by atoms with van der Waals surface area (Å²) in [6.45, 7) is -1.49. The van der Waals surface area contributed by atoms with Crippen LogP contribution in [-0.4, -0.2) is 62.9 Å². The zero-order valence-electron chi connectivity index (χ0n) is 18.4. The normalized spacial score (nSPS) is 18.0. The molecule has 36 heavy (non-hydrogen) atoms. The van der Waals surface area contributed by atoms with Crippen molar-refractivity contribution in [2.24, 2.45) is 0 Å². The first-order valence-corrected chi connectivity index (χ1v) is 10.6. The van der Waals surface area contributed by atoms with Crippen LogP contribution in [0.4, 0.5) is 31.1 Å². The van der Waals surface area contributed by atoms with Crippen molar-refractivity contribution in [2.75, 3.05) is 19.6 Å².